The van der Waals surface area contributed by atoms with Crippen molar-refractivity contribution in [2.24, 2.45) is 0 Å². The minimum absolute atomic E-state index is 0.272. The molecule has 0 spiro atoms. The molecule has 1 N–H and O–H groups in total. The smallest absolute Gasteiger partial charge is 0.379 e. The van der Waals surface area contributed by atoms with Gasteiger partial charge in [0.25, 0.3) is 5.92 Å². The topological polar surface area (TPSA) is 12.0 Å². The number of rotatable bonds is 6. The summed E-state index contributed by atoms with van der Waals surface area (Å²) in [5.74, 6) is -5.43. The summed E-state index contributed by atoms with van der Waals surface area (Å²) in [4.78, 5) is 0. The van der Waals surface area contributed by atoms with Crippen LogP contribution in [-0.2, 0) is 12.1 Å². The summed E-state index contributed by atoms with van der Waals surface area (Å²) in [6.07, 6.45) is -4.69. The van der Waals surface area contributed by atoms with Gasteiger partial charge in [0, 0.05) is 11.3 Å². The molecule has 0 saturated heterocycles. The van der Waals surface area contributed by atoms with Gasteiger partial charge in [0.05, 0.1) is 17.7 Å². The standard InChI is InChI=1S/C23H16F7N/c1-14(18-4-2-3-5-19(18)23(28,29)30)31-13-22(26,27)20-11-8-16(12-21(20)25)15-6-9-17(24)10-7-15/h2-12,31H,1,13H2. The molecule has 3 aromatic carbocycles. The third-order valence-corrected chi connectivity index (χ3v) is 4.62. The molecule has 0 aliphatic heterocycles. The van der Waals surface area contributed by atoms with Crippen molar-refractivity contribution in [3.05, 3.63) is 102 Å². The van der Waals surface area contributed by atoms with Crippen molar-refractivity contribution >= 4 is 5.70 Å². The van der Waals surface area contributed by atoms with Gasteiger partial charge in [0.1, 0.15) is 11.6 Å². The van der Waals surface area contributed by atoms with Gasteiger partial charge in [0.15, 0.2) is 0 Å². The van der Waals surface area contributed by atoms with Gasteiger partial charge >= 0.3 is 6.18 Å². The molecular weight excluding hydrogens is 423 g/mol. The Morgan fingerprint density at radius 1 is 0.774 bits per heavy atom. The molecule has 3 aromatic rings. The fourth-order valence-corrected chi connectivity index (χ4v) is 3.04. The molecule has 0 heterocycles. The molecule has 0 unspecified atom stereocenters. The highest BCUT2D eigenvalue weighted by atomic mass is 19.4. The van der Waals surface area contributed by atoms with Gasteiger partial charge in [-0.2, -0.15) is 22.0 Å². The molecule has 0 bridgehead atoms. The molecule has 31 heavy (non-hydrogen) atoms. The van der Waals surface area contributed by atoms with Crippen LogP contribution in [0.25, 0.3) is 16.8 Å². The third kappa shape index (κ3) is 5.07. The van der Waals surface area contributed by atoms with Crippen molar-refractivity contribution in [1.82, 2.24) is 5.32 Å². The molecule has 0 fully saturated rings. The fourth-order valence-electron chi connectivity index (χ4n) is 3.04. The molecule has 162 valence electrons. The minimum atomic E-state index is -4.69. The van der Waals surface area contributed by atoms with Crippen LogP contribution in [-0.4, -0.2) is 6.54 Å². The second kappa shape index (κ2) is 8.45. The summed E-state index contributed by atoms with van der Waals surface area (Å²) in [7, 11) is 0. The molecule has 0 aliphatic rings. The normalized spacial score (nSPS) is 12.0. The second-order valence-electron chi connectivity index (χ2n) is 6.78. The van der Waals surface area contributed by atoms with Crippen LogP contribution in [0.3, 0.4) is 0 Å². The van der Waals surface area contributed by atoms with Crippen molar-refractivity contribution in [2.75, 3.05) is 6.54 Å². The average Bonchev–Trinajstić information content (AvgIpc) is 2.71. The van der Waals surface area contributed by atoms with Crippen molar-refractivity contribution < 1.29 is 30.7 Å². The molecule has 0 amide bonds. The Morgan fingerprint density at radius 3 is 2.00 bits per heavy atom. The van der Waals surface area contributed by atoms with Crippen LogP contribution in [0, 0.1) is 11.6 Å². The Morgan fingerprint density at radius 2 is 1.39 bits per heavy atom. The van der Waals surface area contributed by atoms with Crippen molar-refractivity contribution in [3.63, 3.8) is 0 Å². The third-order valence-electron chi connectivity index (χ3n) is 4.62. The lowest BCUT2D eigenvalue weighted by Gasteiger charge is -2.21. The molecule has 0 atom stereocenters. The van der Waals surface area contributed by atoms with E-state index in [9.17, 15) is 30.7 Å². The Bertz CT molecular complexity index is 1090. The molecule has 1 nitrogen and oxygen atoms in total. The lowest BCUT2D eigenvalue weighted by Crippen LogP contribution is -2.31. The van der Waals surface area contributed by atoms with E-state index in [1.807, 2.05) is 0 Å². The summed E-state index contributed by atoms with van der Waals surface area (Å²) in [6, 6.07) is 12.5. The highest BCUT2D eigenvalue weighted by Gasteiger charge is 2.36. The maximum atomic E-state index is 14.6. The Labute approximate surface area is 173 Å². The quantitative estimate of drug-likeness (QED) is 0.408. The summed E-state index contributed by atoms with van der Waals surface area (Å²) in [6.45, 7) is 2.25. The van der Waals surface area contributed by atoms with E-state index in [1.54, 1.807) is 0 Å². The largest absolute Gasteiger partial charge is 0.417 e. The van der Waals surface area contributed by atoms with E-state index in [4.69, 9.17) is 0 Å². The summed E-state index contributed by atoms with van der Waals surface area (Å²) in [5.41, 5.74) is -1.98. The first-order valence-electron chi connectivity index (χ1n) is 9.02. The number of halogens is 7. The van der Waals surface area contributed by atoms with E-state index < -0.39 is 41.4 Å². The van der Waals surface area contributed by atoms with E-state index in [2.05, 4.69) is 11.9 Å². The van der Waals surface area contributed by atoms with Crippen LogP contribution in [0.4, 0.5) is 30.7 Å². The maximum Gasteiger partial charge on any atom is 0.417 e. The average molecular weight is 439 g/mol. The van der Waals surface area contributed by atoms with Crippen molar-refractivity contribution in [1.29, 1.82) is 0 Å². The van der Waals surface area contributed by atoms with Gasteiger partial charge in [-0.3, -0.25) is 0 Å². The van der Waals surface area contributed by atoms with Gasteiger partial charge < -0.3 is 5.32 Å². The van der Waals surface area contributed by atoms with Gasteiger partial charge in [-0.15, -0.1) is 0 Å². The molecule has 0 saturated carbocycles. The Hall–Kier alpha value is -3.29. The summed E-state index contributed by atoms with van der Waals surface area (Å²) < 4.78 is 96.0. The van der Waals surface area contributed by atoms with Crippen LogP contribution < -0.4 is 5.32 Å². The monoisotopic (exact) mass is 439 g/mol. The van der Waals surface area contributed by atoms with E-state index in [-0.39, 0.29) is 16.8 Å². The zero-order chi connectivity index (χ0) is 22.8. The second-order valence-corrected chi connectivity index (χ2v) is 6.78. The van der Waals surface area contributed by atoms with E-state index in [1.165, 1.54) is 30.3 Å². The maximum absolute atomic E-state index is 14.6. The number of benzene rings is 3. The number of hydrogen-bond donors (Lipinski definition) is 1. The predicted molar refractivity (Wildman–Crippen MR) is 104 cm³/mol. The van der Waals surface area contributed by atoms with Crippen LogP contribution >= 0.6 is 0 Å². The minimum Gasteiger partial charge on any atom is -0.379 e. The van der Waals surface area contributed by atoms with Crippen molar-refractivity contribution in [3.8, 4) is 11.1 Å². The highest BCUT2D eigenvalue weighted by Crippen LogP contribution is 2.35. The first-order chi connectivity index (χ1) is 14.5. The predicted octanol–water partition coefficient (Wildman–Crippen LogP) is 7.00. The van der Waals surface area contributed by atoms with Crippen LogP contribution in [0.2, 0.25) is 0 Å². The summed E-state index contributed by atoms with van der Waals surface area (Å²) in [5, 5.41) is 2.18. The molecule has 3 rings (SSSR count). The zero-order valence-corrected chi connectivity index (χ0v) is 15.9. The van der Waals surface area contributed by atoms with E-state index in [0.29, 0.717) is 5.56 Å². The van der Waals surface area contributed by atoms with Gasteiger partial charge in [-0.25, -0.2) is 8.78 Å². The van der Waals surface area contributed by atoms with Crippen LogP contribution in [0.5, 0.6) is 0 Å². The summed E-state index contributed by atoms with van der Waals surface area (Å²) >= 11 is 0. The first-order valence-corrected chi connectivity index (χ1v) is 9.02. The first kappa shape index (κ1) is 22.4. The molecule has 0 aliphatic carbocycles. The Kier molecular flexibility index (Phi) is 6.10. The molecular formula is C23H16F7N. The highest BCUT2D eigenvalue weighted by molar-refractivity contribution is 5.66. The van der Waals surface area contributed by atoms with Gasteiger partial charge in [0.2, 0.25) is 0 Å². The fraction of sp³-hybridized carbons (Fsp3) is 0.130. The number of hydrogen-bond acceptors (Lipinski definition) is 1. The van der Waals surface area contributed by atoms with Crippen molar-refractivity contribution in [2.45, 2.75) is 12.1 Å². The molecule has 0 aromatic heterocycles. The number of nitrogens with one attached hydrogen (secondary N) is 1. The van der Waals surface area contributed by atoms with Crippen LogP contribution in [0.1, 0.15) is 16.7 Å². The SMILES string of the molecule is C=C(NCC(F)(F)c1ccc(-c2ccc(F)cc2)cc1F)c1ccccc1C(F)(F)F. The zero-order valence-electron chi connectivity index (χ0n) is 15.9. The van der Waals surface area contributed by atoms with Crippen LogP contribution in [0.15, 0.2) is 73.3 Å². The van der Waals surface area contributed by atoms with E-state index >= 15 is 0 Å². The lowest BCUT2D eigenvalue weighted by atomic mass is 10.00. The van der Waals surface area contributed by atoms with Gasteiger partial charge in [-0.05, 0) is 41.5 Å². The molecule has 0 radical (unpaired) electrons. The number of alkyl halides is 5. The Balaban J connectivity index is 1.78. The van der Waals surface area contributed by atoms with E-state index in [0.717, 1.165) is 36.4 Å². The van der Waals surface area contributed by atoms with Gasteiger partial charge in [-0.1, -0.05) is 43.0 Å². The lowest BCUT2D eigenvalue weighted by molar-refractivity contribution is -0.137. The molecule has 8 heteroatoms.